The third-order valence-electron chi connectivity index (χ3n) is 2.40. The molecule has 0 saturated heterocycles. The second kappa shape index (κ2) is 4.83. The Morgan fingerprint density at radius 2 is 2.22 bits per heavy atom. The first kappa shape index (κ1) is 11.3. The molecule has 2 heterocycles. The molecular weight excluding hydrogens is 266 g/mol. The van der Waals surface area contributed by atoms with Crippen LogP contribution in [0.5, 0.6) is 0 Å². The molecule has 0 saturated carbocycles. The Labute approximate surface area is 111 Å². The number of para-hydroxylation sites is 1. The first-order valence-corrected chi connectivity index (χ1v) is 7.10. The van der Waals surface area contributed by atoms with Crippen molar-refractivity contribution in [3.05, 3.63) is 45.9 Å². The minimum atomic E-state index is -0.157. The van der Waals surface area contributed by atoms with E-state index in [0.29, 0.717) is 12.2 Å². The van der Waals surface area contributed by atoms with Gasteiger partial charge >= 0.3 is 0 Å². The van der Waals surface area contributed by atoms with Crippen LogP contribution in [0, 0.1) is 0 Å². The topological polar surface area (TPSA) is 54.9 Å². The van der Waals surface area contributed by atoms with Gasteiger partial charge in [-0.25, -0.2) is 9.97 Å². The normalized spacial score (nSPS) is 10.7. The lowest BCUT2D eigenvalue weighted by molar-refractivity contribution is 0.0946. The number of nitrogens with one attached hydrogen (secondary N) is 1. The summed E-state index contributed by atoms with van der Waals surface area (Å²) >= 11 is 3.00. The van der Waals surface area contributed by atoms with Crippen LogP contribution in [0.15, 0.2) is 35.2 Å². The monoisotopic (exact) mass is 275 g/mol. The van der Waals surface area contributed by atoms with E-state index in [1.807, 2.05) is 24.3 Å². The predicted molar refractivity (Wildman–Crippen MR) is 72.9 cm³/mol. The van der Waals surface area contributed by atoms with Crippen molar-refractivity contribution in [2.24, 2.45) is 0 Å². The predicted octanol–water partition coefficient (Wildman–Crippen LogP) is 2.68. The van der Waals surface area contributed by atoms with Crippen LogP contribution in [0.25, 0.3) is 10.2 Å². The summed E-state index contributed by atoms with van der Waals surface area (Å²) in [7, 11) is 0. The maximum atomic E-state index is 11.7. The van der Waals surface area contributed by atoms with Crippen molar-refractivity contribution in [2.45, 2.75) is 6.54 Å². The lowest BCUT2D eigenvalue weighted by Crippen LogP contribution is -2.22. The number of fused-ring (bicyclic) bond motifs is 1. The Hall–Kier alpha value is -1.79. The second-order valence-corrected chi connectivity index (χ2v) is 5.47. The molecule has 2 aromatic heterocycles. The molecule has 1 aromatic carbocycles. The molecule has 3 rings (SSSR count). The minimum absolute atomic E-state index is 0.157. The van der Waals surface area contributed by atoms with E-state index < -0.39 is 0 Å². The van der Waals surface area contributed by atoms with Gasteiger partial charge in [-0.2, -0.15) is 0 Å². The molecule has 90 valence electrons. The molecule has 1 amide bonds. The van der Waals surface area contributed by atoms with Gasteiger partial charge < -0.3 is 5.32 Å². The van der Waals surface area contributed by atoms with Gasteiger partial charge in [-0.1, -0.05) is 12.1 Å². The van der Waals surface area contributed by atoms with Crippen LogP contribution in [0.2, 0.25) is 0 Å². The summed E-state index contributed by atoms with van der Waals surface area (Å²) in [5, 5.41) is 5.45. The minimum Gasteiger partial charge on any atom is -0.344 e. The van der Waals surface area contributed by atoms with Gasteiger partial charge in [-0.3, -0.25) is 4.79 Å². The molecule has 0 unspecified atom stereocenters. The Balaban J connectivity index is 1.71. The number of hydrogen-bond acceptors (Lipinski definition) is 5. The number of nitrogens with zero attached hydrogens (tertiary/aromatic N) is 2. The third kappa shape index (κ3) is 2.25. The molecule has 0 fully saturated rings. The summed E-state index contributed by atoms with van der Waals surface area (Å²) < 4.78 is 1.13. The lowest BCUT2D eigenvalue weighted by Gasteiger charge is -1.98. The highest BCUT2D eigenvalue weighted by atomic mass is 32.1. The van der Waals surface area contributed by atoms with Crippen LogP contribution in [-0.4, -0.2) is 15.9 Å². The third-order valence-corrected chi connectivity index (χ3v) is 4.03. The van der Waals surface area contributed by atoms with Gasteiger partial charge in [-0.05, 0) is 12.1 Å². The quantitative estimate of drug-likeness (QED) is 0.799. The smallest absolute Gasteiger partial charge is 0.271 e. The first-order valence-electron chi connectivity index (χ1n) is 5.34. The van der Waals surface area contributed by atoms with Crippen LogP contribution >= 0.6 is 22.7 Å². The molecule has 0 atom stereocenters. The Morgan fingerprint density at radius 1 is 1.33 bits per heavy atom. The largest absolute Gasteiger partial charge is 0.344 e. The van der Waals surface area contributed by atoms with E-state index in [9.17, 15) is 4.79 Å². The molecule has 1 N–H and O–H groups in total. The summed E-state index contributed by atoms with van der Waals surface area (Å²) in [4.78, 5) is 20.1. The molecule has 0 aliphatic heterocycles. The Bertz CT molecular complexity index is 643. The van der Waals surface area contributed by atoms with Crippen LogP contribution in [-0.2, 0) is 6.54 Å². The Morgan fingerprint density at radius 3 is 3.00 bits per heavy atom. The molecule has 0 radical (unpaired) electrons. The summed E-state index contributed by atoms with van der Waals surface area (Å²) in [5.41, 5.74) is 3.08. The van der Waals surface area contributed by atoms with Gasteiger partial charge in [-0.15, -0.1) is 22.7 Å². The van der Waals surface area contributed by atoms with Gasteiger partial charge in [0.15, 0.2) is 0 Å². The fourth-order valence-electron chi connectivity index (χ4n) is 1.57. The average molecular weight is 275 g/mol. The molecule has 0 aliphatic carbocycles. The maximum Gasteiger partial charge on any atom is 0.271 e. The molecule has 4 nitrogen and oxygen atoms in total. The summed E-state index contributed by atoms with van der Waals surface area (Å²) in [6, 6.07) is 7.94. The molecule has 6 heteroatoms. The van der Waals surface area contributed by atoms with Gasteiger partial charge in [0.05, 0.1) is 22.3 Å². The molecule has 0 aliphatic rings. The van der Waals surface area contributed by atoms with E-state index in [1.54, 1.807) is 22.2 Å². The van der Waals surface area contributed by atoms with Crippen molar-refractivity contribution in [2.75, 3.05) is 0 Å². The molecule has 0 spiro atoms. The zero-order valence-corrected chi connectivity index (χ0v) is 10.9. The first-order chi connectivity index (χ1) is 8.83. The number of hydrogen-bond donors (Lipinski definition) is 1. The van der Waals surface area contributed by atoms with Crippen LogP contribution < -0.4 is 5.32 Å². The van der Waals surface area contributed by atoms with Crippen molar-refractivity contribution in [1.29, 1.82) is 0 Å². The second-order valence-electron chi connectivity index (χ2n) is 3.63. The highest BCUT2D eigenvalue weighted by molar-refractivity contribution is 7.18. The maximum absolute atomic E-state index is 11.7. The van der Waals surface area contributed by atoms with E-state index in [2.05, 4.69) is 15.3 Å². The fraction of sp³-hybridized carbons (Fsp3) is 0.0833. The standard InChI is InChI=1S/C12H9N3OS2/c16-12(9-6-17-7-14-9)13-5-11-15-8-3-1-2-4-10(8)18-11/h1-4,6-7H,5H2,(H,13,16). The zero-order valence-electron chi connectivity index (χ0n) is 9.29. The number of amides is 1. The SMILES string of the molecule is O=C(NCc1nc2ccccc2s1)c1cscn1. The lowest BCUT2D eigenvalue weighted by atomic mass is 10.3. The van der Waals surface area contributed by atoms with Crippen LogP contribution in [0.4, 0.5) is 0 Å². The van der Waals surface area contributed by atoms with Gasteiger partial charge in [0.1, 0.15) is 10.7 Å². The van der Waals surface area contributed by atoms with Crippen LogP contribution in [0.3, 0.4) is 0 Å². The number of carbonyl (C=O) groups is 1. The van der Waals surface area contributed by atoms with Crippen molar-refractivity contribution >= 4 is 38.8 Å². The van der Waals surface area contributed by atoms with Gasteiger partial charge in [0.2, 0.25) is 0 Å². The highest BCUT2D eigenvalue weighted by Crippen LogP contribution is 2.21. The van der Waals surface area contributed by atoms with Crippen molar-refractivity contribution in [3.63, 3.8) is 0 Å². The van der Waals surface area contributed by atoms with Crippen molar-refractivity contribution in [1.82, 2.24) is 15.3 Å². The molecule has 3 aromatic rings. The van der Waals surface area contributed by atoms with Crippen LogP contribution in [0.1, 0.15) is 15.5 Å². The number of benzene rings is 1. The summed E-state index contributed by atoms with van der Waals surface area (Å²) in [6.45, 7) is 0.440. The fourth-order valence-corrected chi connectivity index (χ4v) is 3.01. The average Bonchev–Trinajstić information content (AvgIpc) is 3.04. The number of carbonyl (C=O) groups excluding carboxylic acids is 1. The van der Waals surface area contributed by atoms with Gasteiger partial charge in [0.25, 0.3) is 5.91 Å². The van der Waals surface area contributed by atoms with E-state index in [0.717, 1.165) is 15.2 Å². The van der Waals surface area contributed by atoms with E-state index >= 15 is 0 Å². The summed E-state index contributed by atoms with van der Waals surface area (Å²) in [5.74, 6) is -0.157. The number of thiazole rings is 2. The zero-order chi connectivity index (χ0) is 12.4. The van der Waals surface area contributed by atoms with E-state index in [4.69, 9.17) is 0 Å². The molecular formula is C12H9N3OS2. The van der Waals surface area contributed by atoms with E-state index in [-0.39, 0.29) is 5.91 Å². The molecule has 0 bridgehead atoms. The number of rotatable bonds is 3. The van der Waals surface area contributed by atoms with Crippen molar-refractivity contribution in [3.8, 4) is 0 Å². The van der Waals surface area contributed by atoms with Gasteiger partial charge in [0, 0.05) is 5.38 Å². The Kier molecular flexibility index (Phi) is 3.04. The van der Waals surface area contributed by atoms with Crippen molar-refractivity contribution < 1.29 is 4.79 Å². The highest BCUT2D eigenvalue weighted by Gasteiger charge is 2.08. The summed E-state index contributed by atoms with van der Waals surface area (Å²) in [6.07, 6.45) is 0. The molecule has 18 heavy (non-hydrogen) atoms. The van der Waals surface area contributed by atoms with E-state index in [1.165, 1.54) is 11.3 Å². The number of aromatic nitrogens is 2.